The normalized spacial score (nSPS) is 18.3. The molecule has 7 heteroatoms. The molecule has 1 N–H and O–H groups in total. The van der Waals surface area contributed by atoms with E-state index in [-0.39, 0.29) is 42.6 Å². The van der Waals surface area contributed by atoms with Crippen molar-refractivity contribution in [3.8, 4) is 0 Å². The average molecular weight is 412 g/mol. The number of piperazine rings is 1. The first-order chi connectivity index (χ1) is 12.2. The summed E-state index contributed by atoms with van der Waals surface area (Å²) in [5, 5.41) is 3.32. The van der Waals surface area contributed by atoms with E-state index in [9.17, 15) is 9.18 Å². The number of carbonyl (C=O) groups is 1. The third-order valence-electron chi connectivity index (χ3n) is 5.11. The topological polar surface area (TPSA) is 35.6 Å². The van der Waals surface area contributed by atoms with Gasteiger partial charge >= 0.3 is 0 Å². The van der Waals surface area contributed by atoms with E-state index in [4.69, 9.17) is 0 Å². The number of nitrogens with zero attached hydrogens (tertiary/aromatic N) is 2. The lowest BCUT2D eigenvalue weighted by molar-refractivity contribution is -0.133. The predicted molar refractivity (Wildman–Crippen MR) is 111 cm³/mol. The van der Waals surface area contributed by atoms with Gasteiger partial charge in [-0.1, -0.05) is 30.3 Å². The highest BCUT2D eigenvalue weighted by Gasteiger charge is 2.30. The van der Waals surface area contributed by atoms with Crippen LogP contribution in [0.1, 0.15) is 17.2 Å². The van der Waals surface area contributed by atoms with Gasteiger partial charge in [-0.05, 0) is 35.7 Å². The summed E-state index contributed by atoms with van der Waals surface area (Å²) in [7, 11) is 0. The SMILES string of the molecule is Cl.Cl.O=C(CN1CCc2ccccc21)N1CCNCC1c1cccc(F)c1. The monoisotopic (exact) mass is 411 g/mol. The zero-order chi connectivity index (χ0) is 17.2. The smallest absolute Gasteiger partial charge is 0.242 e. The molecule has 2 heterocycles. The Morgan fingerprint density at radius 3 is 2.74 bits per heavy atom. The zero-order valence-electron chi connectivity index (χ0n) is 14.9. The number of halogens is 3. The second-order valence-corrected chi connectivity index (χ2v) is 6.66. The van der Waals surface area contributed by atoms with Crippen LogP contribution in [0.15, 0.2) is 48.5 Å². The molecule has 2 aliphatic heterocycles. The lowest BCUT2D eigenvalue weighted by Crippen LogP contribution is -2.51. The molecule has 1 fully saturated rings. The van der Waals surface area contributed by atoms with Crippen molar-refractivity contribution < 1.29 is 9.18 Å². The van der Waals surface area contributed by atoms with E-state index in [1.807, 2.05) is 23.1 Å². The molecule has 0 aliphatic carbocycles. The fourth-order valence-corrected chi connectivity index (χ4v) is 3.84. The average Bonchev–Trinajstić information content (AvgIpc) is 3.05. The van der Waals surface area contributed by atoms with E-state index < -0.39 is 0 Å². The lowest BCUT2D eigenvalue weighted by atomic mass is 10.0. The number of benzene rings is 2. The van der Waals surface area contributed by atoms with Gasteiger partial charge in [0.2, 0.25) is 5.91 Å². The van der Waals surface area contributed by atoms with Crippen molar-refractivity contribution in [3.63, 3.8) is 0 Å². The molecule has 27 heavy (non-hydrogen) atoms. The maximum absolute atomic E-state index is 13.6. The van der Waals surface area contributed by atoms with Crippen molar-refractivity contribution in [2.45, 2.75) is 12.5 Å². The molecule has 1 amide bonds. The van der Waals surface area contributed by atoms with E-state index >= 15 is 0 Å². The molecule has 1 saturated heterocycles. The molecule has 2 aromatic carbocycles. The first-order valence-electron chi connectivity index (χ1n) is 8.81. The number of nitrogens with one attached hydrogen (secondary N) is 1. The first kappa shape index (κ1) is 21.5. The molecule has 4 nitrogen and oxygen atoms in total. The van der Waals surface area contributed by atoms with E-state index in [1.165, 1.54) is 17.7 Å². The van der Waals surface area contributed by atoms with Crippen LogP contribution in [0.5, 0.6) is 0 Å². The molecule has 2 aliphatic rings. The van der Waals surface area contributed by atoms with Crippen LogP contribution in [0, 0.1) is 5.82 Å². The van der Waals surface area contributed by atoms with Gasteiger partial charge in [-0.2, -0.15) is 0 Å². The Balaban J connectivity index is 0.00000131. The molecular formula is C20H24Cl2FN3O. The van der Waals surface area contributed by atoms with Crippen LogP contribution in [0.2, 0.25) is 0 Å². The van der Waals surface area contributed by atoms with Crippen LogP contribution in [-0.4, -0.2) is 43.5 Å². The van der Waals surface area contributed by atoms with Crippen molar-refractivity contribution in [2.24, 2.45) is 0 Å². The maximum atomic E-state index is 13.6. The van der Waals surface area contributed by atoms with Gasteiger partial charge in [0.15, 0.2) is 0 Å². The molecule has 1 unspecified atom stereocenters. The van der Waals surface area contributed by atoms with Crippen LogP contribution in [0.4, 0.5) is 10.1 Å². The van der Waals surface area contributed by atoms with Gasteiger partial charge in [-0.15, -0.1) is 24.8 Å². The van der Waals surface area contributed by atoms with Gasteiger partial charge in [0.25, 0.3) is 0 Å². The van der Waals surface area contributed by atoms with Crippen LogP contribution < -0.4 is 10.2 Å². The van der Waals surface area contributed by atoms with Gasteiger partial charge in [0.1, 0.15) is 5.82 Å². The summed E-state index contributed by atoms with van der Waals surface area (Å²) in [6.07, 6.45) is 0.984. The van der Waals surface area contributed by atoms with Crippen LogP contribution in [-0.2, 0) is 11.2 Å². The molecule has 146 valence electrons. The summed E-state index contributed by atoms with van der Waals surface area (Å²) >= 11 is 0. The quantitative estimate of drug-likeness (QED) is 0.841. The second-order valence-electron chi connectivity index (χ2n) is 6.66. The highest BCUT2D eigenvalue weighted by molar-refractivity contribution is 5.85. The van der Waals surface area contributed by atoms with Crippen molar-refractivity contribution >= 4 is 36.4 Å². The number of amides is 1. The summed E-state index contributed by atoms with van der Waals surface area (Å²) in [4.78, 5) is 17.0. The van der Waals surface area contributed by atoms with E-state index in [1.54, 1.807) is 6.07 Å². The molecule has 0 spiro atoms. The van der Waals surface area contributed by atoms with Gasteiger partial charge in [0, 0.05) is 31.9 Å². The molecule has 0 bridgehead atoms. The minimum atomic E-state index is -0.260. The van der Waals surface area contributed by atoms with Gasteiger partial charge in [-0.3, -0.25) is 4.79 Å². The number of hydrogen-bond acceptors (Lipinski definition) is 3. The van der Waals surface area contributed by atoms with Crippen molar-refractivity contribution in [2.75, 3.05) is 37.6 Å². The molecule has 1 atom stereocenters. The Labute approximate surface area is 171 Å². The van der Waals surface area contributed by atoms with E-state index in [0.717, 1.165) is 30.8 Å². The Hall–Kier alpha value is -1.82. The molecule has 4 rings (SSSR count). The minimum Gasteiger partial charge on any atom is -0.362 e. The highest BCUT2D eigenvalue weighted by atomic mass is 35.5. The zero-order valence-corrected chi connectivity index (χ0v) is 16.6. The van der Waals surface area contributed by atoms with Crippen LogP contribution >= 0.6 is 24.8 Å². The van der Waals surface area contributed by atoms with Crippen molar-refractivity contribution in [1.29, 1.82) is 0 Å². The number of para-hydroxylation sites is 1. The molecular weight excluding hydrogens is 388 g/mol. The third-order valence-corrected chi connectivity index (χ3v) is 5.11. The van der Waals surface area contributed by atoms with Crippen molar-refractivity contribution in [1.82, 2.24) is 10.2 Å². The van der Waals surface area contributed by atoms with Crippen LogP contribution in [0.3, 0.4) is 0 Å². The Morgan fingerprint density at radius 2 is 1.93 bits per heavy atom. The lowest BCUT2D eigenvalue weighted by Gasteiger charge is -2.37. The predicted octanol–water partition coefficient (Wildman–Crippen LogP) is 3.20. The first-order valence-corrected chi connectivity index (χ1v) is 8.81. The third kappa shape index (κ3) is 4.54. The van der Waals surface area contributed by atoms with Gasteiger partial charge in [-0.25, -0.2) is 4.39 Å². The molecule has 0 radical (unpaired) electrons. The Bertz CT molecular complexity index is 789. The van der Waals surface area contributed by atoms with Gasteiger partial charge in [0.05, 0.1) is 12.6 Å². The van der Waals surface area contributed by atoms with Gasteiger partial charge < -0.3 is 15.1 Å². The summed E-state index contributed by atoms with van der Waals surface area (Å²) in [5.74, 6) is -0.156. The molecule has 0 saturated carbocycles. The maximum Gasteiger partial charge on any atom is 0.242 e. The summed E-state index contributed by atoms with van der Waals surface area (Å²) < 4.78 is 13.6. The second kappa shape index (κ2) is 9.40. The number of anilines is 1. The fourth-order valence-electron chi connectivity index (χ4n) is 3.84. The summed E-state index contributed by atoms with van der Waals surface area (Å²) in [6.45, 7) is 3.33. The molecule has 2 aromatic rings. The van der Waals surface area contributed by atoms with Crippen molar-refractivity contribution in [3.05, 3.63) is 65.5 Å². The number of fused-ring (bicyclic) bond motifs is 1. The van der Waals surface area contributed by atoms with E-state index in [0.29, 0.717) is 19.6 Å². The largest absolute Gasteiger partial charge is 0.362 e. The Kier molecular flexibility index (Phi) is 7.48. The van der Waals surface area contributed by atoms with Crippen LogP contribution in [0.25, 0.3) is 0 Å². The summed E-state index contributed by atoms with van der Waals surface area (Å²) in [5.41, 5.74) is 3.31. The fraction of sp³-hybridized carbons (Fsp3) is 0.350. The highest BCUT2D eigenvalue weighted by Crippen LogP contribution is 2.28. The molecule has 0 aromatic heterocycles. The number of carbonyl (C=O) groups excluding carboxylic acids is 1. The number of hydrogen-bond donors (Lipinski definition) is 1. The summed E-state index contributed by atoms with van der Waals surface area (Å²) in [6, 6.07) is 14.7. The standard InChI is InChI=1S/C20H22FN3O.2ClH/c21-17-6-3-5-16(12-17)19-13-22-9-11-24(19)20(25)14-23-10-8-15-4-1-2-7-18(15)23;;/h1-7,12,19,22H,8-11,13-14H2;2*1H. The van der Waals surface area contributed by atoms with E-state index in [2.05, 4.69) is 22.3 Å². The number of rotatable bonds is 3. The minimum absolute atomic E-state index is 0. The Morgan fingerprint density at radius 1 is 1.11 bits per heavy atom.